The van der Waals surface area contributed by atoms with E-state index in [0.717, 1.165) is 16.8 Å². The first-order valence-corrected chi connectivity index (χ1v) is 7.92. The van der Waals surface area contributed by atoms with E-state index in [1.165, 1.54) is 12.3 Å². The maximum Gasteiger partial charge on any atom is 0.240 e. The summed E-state index contributed by atoms with van der Waals surface area (Å²) in [6.07, 6.45) is 1.53. The molecule has 6 nitrogen and oxygen atoms in total. The van der Waals surface area contributed by atoms with Crippen molar-refractivity contribution in [2.45, 2.75) is 26.7 Å². The first kappa shape index (κ1) is 18.2. The van der Waals surface area contributed by atoms with Crippen LogP contribution >= 0.6 is 0 Å². The number of nitrogens with one attached hydrogen (secondary N) is 2. The molecule has 130 valence electrons. The molecule has 0 spiro atoms. The lowest BCUT2D eigenvalue weighted by Crippen LogP contribution is -2.20. The summed E-state index contributed by atoms with van der Waals surface area (Å²) < 4.78 is 0. The van der Waals surface area contributed by atoms with Gasteiger partial charge in [-0.25, -0.2) is 5.43 Å². The van der Waals surface area contributed by atoms with Crippen LogP contribution < -0.4 is 10.7 Å². The molecule has 0 aliphatic rings. The van der Waals surface area contributed by atoms with E-state index in [4.69, 9.17) is 0 Å². The van der Waals surface area contributed by atoms with E-state index in [1.807, 2.05) is 32.0 Å². The lowest BCUT2D eigenvalue weighted by molar-refractivity contribution is -0.124. The largest absolute Gasteiger partial charge is 0.508 e. The second kappa shape index (κ2) is 8.63. The Bertz CT molecular complexity index is 800. The highest BCUT2D eigenvalue weighted by atomic mass is 16.3. The lowest BCUT2D eigenvalue weighted by Gasteiger charge is -2.07. The number of hydrogen-bond donors (Lipinski definition) is 3. The summed E-state index contributed by atoms with van der Waals surface area (Å²) in [6.45, 7) is 3.98. The fourth-order valence-electron chi connectivity index (χ4n) is 2.11. The number of phenols is 1. The zero-order valence-electron chi connectivity index (χ0n) is 14.2. The topological polar surface area (TPSA) is 90.8 Å². The van der Waals surface area contributed by atoms with E-state index in [9.17, 15) is 14.7 Å². The Labute approximate surface area is 146 Å². The number of phenolic OH excluding ortho intramolecular Hbond substituents is 1. The molecule has 0 atom stereocenters. The molecule has 0 radical (unpaired) electrons. The minimum atomic E-state index is -0.355. The standard InChI is InChI=1S/C19H21N3O3/c1-13-6-7-16(10-14(13)2)21-18(24)8-9-19(25)22-20-12-15-4-3-5-17(23)11-15/h3-7,10-12,23H,8-9H2,1-2H3,(H,21,24)(H,22,25). The van der Waals surface area contributed by atoms with Crippen molar-refractivity contribution in [3.8, 4) is 5.75 Å². The van der Waals surface area contributed by atoms with Gasteiger partial charge in [-0.1, -0.05) is 18.2 Å². The van der Waals surface area contributed by atoms with Crippen LogP contribution in [0.3, 0.4) is 0 Å². The quantitative estimate of drug-likeness (QED) is 0.558. The number of anilines is 1. The molecule has 0 aliphatic carbocycles. The molecule has 0 aromatic heterocycles. The van der Waals surface area contributed by atoms with Gasteiger partial charge in [-0.2, -0.15) is 5.10 Å². The highest BCUT2D eigenvalue weighted by molar-refractivity contribution is 5.93. The van der Waals surface area contributed by atoms with E-state index in [0.29, 0.717) is 5.56 Å². The summed E-state index contributed by atoms with van der Waals surface area (Å²) in [6, 6.07) is 12.2. The van der Waals surface area contributed by atoms with Gasteiger partial charge in [0, 0.05) is 18.5 Å². The van der Waals surface area contributed by atoms with Gasteiger partial charge in [0.15, 0.2) is 0 Å². The van der Waals surface area contributed by atoms with Crippen LogP contribution in [0.2, 0.25) is 0 Å². The third-order valence-electron chi connectivity index (χ3n) is 3.64. The summed E-state index contributed by atoms with van der Waals surface area (Å²) in [5, 5.41) is 15.9. The van der Waals surface area contributed by atoms with Crippen molar-refractivity contribution in [1.82, 2.24) is 5.43 Å². The van der Waals surface area contributed by atoms with Gasteiger partial charge in [0.25, 0.3) is 0 Å². The first-order valence-electron chi connectivity index (χ1n) is 7.92. The Balaban J connectivity index is 1.75. The van der Waals surface area contributed by atoms with Crippen molar-refractivity contribution < 1.29 is 14.7 Å². The van der Waals surface area contributed by atoms with Crippen molar-refractivity contribution >= 4 is 23.7 Å². The summed E-state index contributed by atoms with van der Waals surface area (Å²) in [5.74, 6) is -0.458. The van der Waals surface area contributed by atoms with Crippen molar-refractivity contribution in [2.75, 3.05) is 5.32 Å². The molecule has 2 rings (SSSR count). The number of amides is 2. The predicted molar refractivity (Wildman–Crippen MR) is 97.6 cm³/mol. The Morgan fingerprint density at radius 1 is 1.04 bits per heavy atom. The normalized spacial score (nSPS) is 10.6. The van der Waals surface area contributed by atoms with E-state index in [1.54, 1.807) is 18.2 Å². The average Bonchev–Trinajstić information content (AvgIpc) is 2.56. The molecule has 0 saturated carbocycles. The molecule has 0 fully saturated rings. The Morgan fingerprint density at radius 3 is 2.52 bits per heavy atom. The number of nitrogens with zero attached hydrogens (tertiary/aromatic N) is 1. The van der Waals surface area contributed by atoms with Crippen LogP contribution in [0.15, 0.2) is 47.6 Å². The van der Waals surface area contributed by atoms with Gasteiger partial charge in [-0.3, -0.25) is 9.59 Å². The van der Waals surface area contributed by atoms with Crippen molar-refractivity contribution in [1.29, 1.82) is 0 Å². The smallest absolute Gasteiger partial charge is 0.240 e. The molecule has 6 heteroatoms. The summed E-state index contributed by atoms with van der Waals surface area (Å²) in [7, 11) is 0. The van der Waals surface area contributed by atoms with Gasteiger partial charge in [0.2, 0.25) is 11.8 Å². The maximum atomic E-state index is 11.9. The molecular weight excluding hydrogens is 318 g/mol. The number of rotatable bonds is 6. The number of aromatic hydroxyl groups is 1. The third-order valence-corrected chi connectivity index (χ3v) is 3.64. The monoisotopic (exact) mass is 339 g/mol. The van der Waals surface area contributed by atoms with Crippen molar-refractivity contribution in [3.63, 3.8) is 0 Å². The van der Waals surface area contributed by atoms with E-state index < -0.39 is 0 Å². The van der Waals surface area contributed by atoms with Crippen molar-refractivity contribution in [3.05, 3.63) is 59.2 Å². The number of carbonyl (C=O) groups excluding carboxylic acids is 2. The van der Waals surface area contributed by atoms with Gasteiger partial charge in [0.1, 0.15) is 5.75 Å². The highest BCUT2D eigenvalue weighted by Gasteiger charge is 2.07. The van der Waals surface area contributed by atoms with E-state index >= 15 is 0 Å². The molecule has 0 saturated heterocycles. The average molecular weight is 339 g/mol. The molecule has 25 heavy (non-hydrogen) atoms. The van der Waals surface area contributed by atoms with Crippen LogP contribution in [-0.2, 0) is 9.59 Å². The SMILES string of the molecule is Cc1ccc(NC(=O)CCC(=O)NN=Cc2cccc(O)c2)cc1C. The fourth-order valence-corrected chi connectivity index (χ4v) is 2.11. The highest BCUT2D eigenvalue weighted by Crippen LogP contribution is 2.14. The lowest BCUT2D eigenvalue weighted by atomic mass is 10.1. The summed E-state index contributed by atoms with van der Waals surface area (Å²) in [5.41, 5.74) is 5.98. The molecular formula is C19H21N3O3. The molecule has 2 aromatic rings. The zero-order valence-corrected chi connectivity index (χ0v) is 14.2. The fraction of sp³-hybridized carbons (Fsp3) is 0.211. The number of aryl methyl sites for hydroxylation is 2. The third kappa shape index (κ3) is 6.10. The maximum absolute atomic E-state index is 11.9. The minimum Gasteiger partial charge on any atom is -0.508 e. The van der Waals surface area contributed by atoms with Gasteiger partial charge >= 0.3 is 0 Å². The molecule has 2 amide bonds. The Kier molecular flexibility index (Phi) is 6.28. The predicted octanol–water partition coefficient (Wildman–Crippen LogP) is 2.88. The van der Waals surface area contributed by atoms with Crippen molar-refractivity contribution in [2.24, 2.45) is 5.10 Å². The first-order chi connectivity index (χ1) is 11.9. The number of hydrazone groups is 1. The van der Waals surface area contributed by atoms with E-state index in [2.05, 4.69) is 15.8 Å². The molecule has 0 heterocycles. The summed E-state index contributed by atoms with van der Waals surface area (Å²) >= 11 is 0. The van der Waals surface area contributed by atoms with Crippen LogP contribution in [0.5, 0.6) is 5.75 Å². The molecule has 0 unspecified atom stereocenters. The molecule has 2 aromatic carbocycles. The Morgan fingerprint density at radius 2 is 1.80 bits per heavy atom. The number of hydrogen-bond acceptors (Lipinski definition) is 4. The number of benzene rings is 2. The van der Waals surface area contributed by atoms with E-state index in [-0.39, 0.29) is 30.4 Å². The minimum absolute atomic E-state index is 0.0358. The van der Waals surface area contributed by atoms with Crippen LogP contribution in [0.1, 0.15) is 29.5 Å². The zero-order chi connectivity index (χ0) is 18.2. The van der Waals surface area contributed by atoms with Gasteiger partial charge < -0.3 is 10.4 Å². The van der Waals surface area contributed by atoms with Crippen LogP contribution in [0.25, 0.3) is 0 Å². The molecule has 3 N–H and O–H groups in total. The summed E-state index contributed by atoms with van der Waals surface area (Å²) in [4.78, 5) is 23.6. The second-order valence-corrected chi connectivity index (χ2v) is 5.74. The molecule has 0 bridgehead atoms. The van der Waals surface area contributed by atoms with Crippen LogP contribution in [0.4, 0.5) is 5.69 Å². The van der Waals surface area contributed by atoms with Gasteiger partial charge in [-0.15, -0.1) is 0 Å². The Hall–Kier alpha value is -3.15. The van der Waals surface area contributed by atoms with Gasteiger partial charge in [-0.05, 0) is 54.8 Å². The van der Waals surface area contributed by atoms with Crippen LogP contribution in [-0.4, -0.2) is 23.1 Å². The number of carbonyl (C=O) groups is 2. The second-order valence-electron chi connectivity index (χ2n) is 5.74. The van der Waals surface area contributed by atoms with Crippen LogP contribution in [0, 0.1) is 13.8 Å². The van der Waals surface area contributed by atoms with Gasteiger partial charge in [0.05, 0.1) is 6.21 Å². The molecule has 0 aliphatic heterocycles.